The van der Waals surface area contributed by atoms with E-state index in [2.05, 4.69) is 16.8 Å². The third-order valence-electron chi connectivity index (χ3n) is 6.28. The number of hydrogen-bond donors (Lipinski definition) is 1. The van der Waals surface area contributed by atoms with Crippen molar-refractivity contribution in [1.29, 1.82) is 0 Å². The Kier molecular flexibility index (Phi) is 4.36. The Labute approximate surface area is 175 Å². The zero-order valence-corrected chi connectivity index (χ0v) is 17.5. The predicted molar refractivity (Wildman–Crippen MR) is 114 cm³/mol. The van der Waals surface area contributed by atoms with Crippen LogP contribution >= 0.6 is 0 Å². The van der Waals surface area contributed by atoms with Crippen LogP contribution in [0.25, 0.3) is 16.9 Å². The molecule has 154 valence electrons. The first-order chi connectivity index (χ1) is 14.5. The summed E-state index contributed by atoms with van der Waals surface area (Å²) in [5.74, 6) is 1.88. The summed E-state index contributed by atoms with van der Waals surface area (Å²) in [6, 6.07) is 7.77. The fourth-order valence-corrected chi connectivity index (χ4v) is 4.35. The lowest BCUT2D eigenvalue weighted by Gasteiger charge is -2.39. The molecule has 5 heterocycles. The van der Waals surface area contributed by atoms with Gasteiger partial charge in [0, 0.05) is 53.9 Å². The summed E-state index contributed by atoms with van der Waals surface area (Å²) in [4.78, 5) is 11.2. The van der Waals surface area contributed by atoms with Gasteiger partial charge < -0.3 is 14.4 Å². The lowest BCUT2D eigenvalue weighted by atomic mass is 9.85. The van der Waals surface area contributed by atoms with E-state index in [4.69, 9.17) is 14.5 Å². The Balaban J connectivity index is 1.52. The van der Waals surface area contributed by atoms with E-state index in [1.54, 1.807) is 18.7 Å². The van der Waals surface area contributed by atoms with Crippen LogP contribution in [0.3, 0.4) is 0 Å². The summed E-state index contributed by atoms with van der Waals surface area (Å²) in [5.41, 5.74) is 4.78. The van der Waals surface area contributed by atoms with Gasteiger partial charge in [0.1, 0.15) is 11.6 Å². The van der Waals surface area contributed by atoms with Gasteiger partial charge in [-0.25, -0.2) is 4.98 Å². The van der Waals surface area contributed by atoms with Crippen LogP contribution in [0.2, 0.25) is 0 Å². The standard InChI is InChI=1S/C23H25N5O2/c1-15-16(2)25-21-13-20(19-6-12-30-17(19)3)26-28(21)22(15)27-10-7-23(29,8-11-27)18-5-4-9-24-14-18/h4-6,9,12-14,29H,7-8,10-11H2,1-3H3. The lowest BCUT2D eigenvalue weighted by molar-refractivity contribution is 0.0112. The minimum absolute atomic E-state index is 0.635. The number of aromatic nitrogens is 4. The molecule has 1 aliphatic heterocycles. The van der Waals surface area contributed by atoms with E-state index in [9.17, 15) is 5.11 Å². The highest BCUT2D eigenvalue weighted by atomic mass is 16.3. The number of aliphatic hydroxyl groups is 1. The zero-order valence-electron chi connectivity index (χ0n) is 17.5. The molecule has 1 saturated heterocycles. The molecule has 7 nitrogen and oxygen atoms in total. The van der Waals surface area contributed by atoms with Gasteiger partial charge in [0.15, 0.2) is 5.65 Å². The van der Waals surface area contributed by atoms with Crippen LogP contribution in [0.4, 0.5) is 5.82 Å². The van der Waals surface area contributed by atoms with Gasteiger partial charge in [-0.05, 0) is 45.7 Å². The van der Waals surface area contributed by atoms with Gasteiger partial charge in [-0.3, -0.25) is 4.98 Å². The average molecular weight is 403 g/mol. The summed E-state index contributed by atoms with van der Waals surface area (Å²) in [6.07, 6.45) is 6.46. The molecule has 5 rings (SSSR count). The van der Waals surface area contributed by atoms with Gasteiger partial charge in [0.25, 0.3) is 0 Å². The number of anilines is 1. The van der Waals surface area contributed by atoms with Crippen molar-refractivity contribution in [1.82, 2.24) is 19.6 Å². The van der Waals surface area contributed by atoms with E-state index in [0.29, 0.717) is 12.8 Å². The SMILES string of the molecule is Cc1nc2cc(-c3ccoc3C)nn2c(N2CCC(O)(c3cccnc3)CC2)c1C. The first-order valence-electron chi connectivity index (χ1n) is 10.3. The smallest absolute Gasteiger partial charge is 0.158 e. The molecule has 1 fully saturated rings. The van der Waals surface area contributed by atoms with Gasteiger partial charge >= 0.3 is 0 Å². The van der Waals surface area contributed by atoms with Crippen molar-refractivity contribution in [3.05, 3.63) is 65.5 Å². The molecule has 0 amide bonds. The molecule has 0 saturated carbocycles. The summed E-state index contributed by atoms with van der Waals surface area (Å²) in [7, 11) is 0. The maximum atomic E-state index is 11.2. The van der Waals surface area contributed by atoms with Crippen LogP contribution in [-0.2, 0) is 5.60 Å². The van der Waals surface area contributed by atoms with Gasteiger partial charge in [-0.15, -0.1) is 0 Å². The molecule has 0 aromatic carbocycles. The second kappa shape index (κ2) is 6.95. The molecule has 0 bridgehead atoms. The molecule has 0 spiro atoms. The highest BCUT2D eigenvalue weighted by Gasteiger charge is 2.35. The number of rotatable bonds is 3. The zero-order chi connectivity index (χ0) is 20.9. The quantitative estimate of drug-likeness (QED) is 0.561. The van der Waals surface area contributed by atoms with Gasteiger partial charge in [0.2, 0.25) is 0 Å². The molecule has 4 aromatic rings. The van der Waals surface area contributed by atoms with Crippen LogP contribution in [0.15, 0.2) is 47.3 Å². The number of aryl methyl sites for hydroxylation is 2. The predicted octanol–water partition coefficient (Wildman–Crippen LogP) is 3.80. The molecule has 7 heteroatoms. The number of furan rings is 1. The first-order valence-corrected chi connectivity index (χ1v) is 10.3. The van der Waals surface area contributed by atoms with Crippen molar-refractivity contribution >= 4 is 11.5 Å². The molecule has 0 unspecified atom stereocenters. The van der Waals surface area contributed by atoms with E-state index in [0.717, 1.165) is 58.4 Å². The summed E-state index contributed by atoms with van der Waals surface area (Å²) < 4.78 is 7.39. The Bertz CT molecular complexity index is 1200. The van der Waals surface area contributed by atoms with Crippen LogP contribution in [0.5, 0.6) is 0 Å². The molecule has 30 heavy (non-hydrogen) atoms. The Morgan fingerprint density at radius 3 is 2.60 bits per heavy atom. The van der Waals surface area contributed by atoms with Crippen molar-refractivity contribution in [3.8, 4) is 11.3 Å². The van der Waals surface area contributed by atoms with Crippen molar-refractivity contribution in [2.24, 2.45) is 0 Å². The molecular weight excluding hydrogens is 378 g/mol. The van der Waals surface area contributed by atoms with Crippen LogP contribution in [0.1, 0.15) is 35.4 Å². The summed E-state index contributed by atoms with van der Waals surface area (Å²) in [5, 5.41) is 16.1. The maximum Gasteiger partial charge on any atom is 0.158 e. The van der Waals surface area contributed by atoms with Crippen molar-refractivity contribution < 1.29 is 9.52 Å². The molecule has 0 atom stereocenters. The number of piperidine rings is 1. The second-order valence-electron chi connectivity index (χ2n) is 8.10. The van der Waals surface area contributed by atoms with Gasteiger partial charge in [0.05, 0.1) is 17.6 Å². The third-order valence-corrected chi connectivity index (χ3v) is 6.28. The minimum Gasteiger partial charge on any atom is -0.469 e. The minimum atomic E-state index is -0.844. The van der Waals surface area contributed by atoms with Crippen LogP contribution in [-0.4, -0.2) is 37.8 Å². The van der Waals surface area contributed by atoms with Crippen molar-refractivity contribution in [3.63, 3.8) is 0 Å². The third kappa shape index (κ3) is 2.97. The highest BCUT2D eigenvalue weighted by molar-refractivity contribution is 5.68. The largest absolute Gasteiger partial charge is 0.469 e. The van der Waals surface area contributed by atoms with Crippen LogP contribution in [0, 0.1) is 20.8 Å². The summed E-state index contributed by atoms with van der Waals surface area (Å²) >= 11 is 0. The van der Waals surface area contributed by atoms with Gasteiger partial charge in [-0.1, -0.05) is 6.07 Å². The normalized spacial score (nSPS) is 16.3. The van der Waals surface area contributed by atoms with Crippen molar-refractivity contribution in [2.75, 3.05) is 18.0 Å². The summed E-state index contributed by atoms with van der Waals surface area (Å²) in [6.45, 7) is 7.51. The highest BCUT2D eigenvalue weighted by Crippen LogP contribution is 2.36. The fourth-order valence-electron chi connectivity index (χ4n) is 4.35. The van der Waals surface area contributed by atoms with Crippen molar-refractivity contribution in [2.45, 2.75) is 39.2 Å². The van der Waals surface area contributed by atoms with E-state index in [-0.39, 0.29) is 0 Å². The fraction of sp³-hybridized carbons (Fsp3) is 0.348. The Morgan fingerprint density at radius 2 is 1.93 bits per heavy atom. The molecule has 0 radical (unpaired) electrons. The molecule has 1 aliphatic rings. The molecule has 4 aromatic heterocycles. The van der Waals surface area contributed by atoms with Gasteiger partial charge in [-0.2, -0.15) is 9.61 Å². The number of pyridine rings is 1. The average Bonchev–Trinajstić information content (AvgIpc) is 3.36. The molecule has 0 aliphatic carbocycles. The number of nitrogens with zero attached hydrogens (tertiary/aromatic N) is 5. The second-order valence-corrected chi connectivity index (χ2v) is 8.10. The Hall–Kier alpha value is -3.19. The lowest BCUT2D eigenvalue weighted by Crippen LogP contribution is -2.43. The topological polar surface area (TPSA) is 79.7 Å². The van der Waals surface area contributed by atoms with E-state index in [1.165, 1.54) is 0 Å². The van der Waals surface area contributed by atoms with E-state index in [1.807, 2.05) is 42.6 Å². The van der Waals surface area contributed by atoms with E-state index >= 15 is 0 Å². The Morgan fingerprint density at radius 1 is 1.13 bits per heavy atom. The molecular formula is C23H25N5O2. The number of fused-ring (bicyclic) bond motifs is 1. The monoisotopic (exact) mass is 403 g/mol. The first kappa shape index (κ1) is 18.8. The van der Waals surface area contributed by atoms with Crippen LogP contribution < -0.4 is 4.90 Å². The maximum absolute atomic E-state index is 11.2. The molecule has 1 N–H and O–H groups in total. The van der Waals surface area contributed by atoms with E-state index < -0.39 is 5.60 Å². The number of hydrogen-bond acceptors (Lipinski definition) is 6.